The van der Waals surface area contributed by atoms with Gasteiger partial charge in [0.2, 0.25) is 0 Å². The summed E-state index contributed by atoms with van der Waals surface area (Å²) >= 11 is 5.93. The predicted octanol–water partition coefficient (Wildman–Crippen LogP) is 3.33. The smallest absolute Gasteiger partial charge is 0.311 e. The number of nitrogens with zero attached hydrogens (tertiary/aromatic N) is 1. The summed E-state index contributed by atoms with van der Waals surface area (Å²) in [6.07, 6.45) is 0.114. The van der Waals surface area contributed by atoms with Gasteiger partial charge >= 0.3 is 5.97 Å². The number of thiazole rings is 1. The molecule has 0 unspecified atom stereocenters. The normalized spacial score (nSPS) is 10.3. The molecule has 20 heavy (non-hydrogen) atoms. The number of amides is 1. The van der Waals surface area contributed by atoms with Crippen molar-refractivity contribution < 1.29 is 14.3 Å². The second-order valence-corrected chi connectivity index (χ2v) is 6.31. The summed E-state index contributed by atoms with van der Waals surface area (Å²) < 4.78 is 5.60. The number of halogens is 1. The Kier molecular flexibility index (Phi) is 5.27. The van der Waals surface area contributed by atoms with Crippen molar-refractivity contribution in [1.29, 1.82) is 0 Å². The minimum Gasteiger partial charge on any atom is -0.466 e. The van der Waals surface area contributed by atoms with Crippen LogP contribution in [0.15, 0.2) is 21.3 Å². The second kappa shape index (κ2) is 6.96. The van der Waals surface area contributed by atoms with Crippen LogP contribution in [0.5, 0.6) is 0 Å². The van der Waals surface area contributed by atoms with E-state index in [0.29, 0.717) is 22.3 Å². The Labute approximate surface area is 132 Å². The maximum atomic E-state index is 12.0. The van der Waals surface area contributed by atoms with E-state index in [9.17, 15) is 9.59 Å². The van der Waals surface area contributed by atoms with Gasteiger partial charge in [-0.3, -0.25) is 14.9 Å². The second-order valence-electron chi connectivity index (χ2n) is 3.68. The molecule has 0 aliphatic rings. The van der Waals surface area contributed by atoms with Gasteiger partial charge in [-0.25, -0.2) is 4.98 Å². The summed E-state index contributed by atoms with van der Waals surface area (Å²) in [5.74, 6) is -0.541. The van der Waals surface area contributed by atoms with E-state index >= 15 is 0 Å². The number of aromatic nitrogens is 1. The number of nitrogens with one attached hydrogen (secondary N) is 1. The molecule has 8 heteroatoms. The molecule has 2 rings (SSSR count). The third-order valence-corrected chi connectivity index (χ3v) is 4.87. The lowest BCUT2D eigenvalue weighted by Crippen LogP contribution is -2.11. The van der Waals surface area contributed by atoms with Gasteiger partial charge in [-0.05, 0) is 34.3 Å². The quantitative estimate of drug-likeness (QED) is 0.814. The molecule has 5 nitrogen and oxygen atoms in total. The fourth-order valence-corrected chi connectivity index (χ4v) is 3.57. The van der Waals surface area contributed by atoms with Crippen LogP contribution < -0.4 is 5.32 Å². The van der Waals surface area contributed by atoms with Crippen molar-refractivity contribution in [1.82, 2.24) is 4.98 Å². The van der Waals surface area contributed by atoms with Crippen LogP contribution in [0.1, 0.15) is 22.3 Å². The highest BCUT2D eigenvalue weighted by Gasteiger charge is 2.14. The first-order chi connectivity index (χ1) is 9.60. The SMILES string of the molecule is CCOC(=O)Cc1csc(NC(=O)c2sccc2Br)n1. The zero-order valence-electron chi connectivity index (χ0n) is 10.5. The molecule has 0 spiro atoms. The van der Waals surface area contributed by atoms with Gasteiger partial charge in [0.25, 0.3) is 5.91 Å². The summed E-state index contributed by atoms with van der Waals surface area (Å²) in [5, 5.41) is 6.73. The minimum absolute atomic E-state index is 0.114. The van der Waals surface area contributed by atoms with E-state index in [0.717, 1.165) is 4.47 Å². The molecule has 0 radical (unpaired) electrons. The zero-order chi connectivity index (χ0) is 14.5. The highest BCUT2D eigenvalue weighted by molar-refractivity contribution is 9.10. The van der Waals surface area contributed by atoms with Crippen molar-refractivity contribution in [2.45, 2.75) is 13.3 Å². The third kappa shape index (κ3) is 3.87. The summed E-state index contributed by atoms with van der Waals surface area (Å²) in [4.78, 5) is 28.1. The van der Waals surface area contributed by atoms with Gasteiger partial charge in [0.1, 0.15) is 4.88 Å². The fraction of sp³-hybridized carbons (Fsp3) is 0.250. The van der Waals surface area contributed by atoms with Gasteiger partial charge in [-0.2, -0.15) is 0 Å². The average molecular weight is 375 g/mol. The van der Waals surface area contributed by atoms with Crippen molar-refractivity contribution in [3.05, 3.63) is 31.9 Å². The Morgan fingerprint density at radius 1 is 1.45 bits per heavy atom. The zero-order valence-corrected chi connectivity index (χ0v) is 13.7. The molecule has 0 aliphatic carbocycles. The lowest BCUT2D eigenvalue weighted by atomic mass is 10.3. The number of carbonyl (C=O) groups is 2. The van der Waals surface area contributed by atoms with E-state index in [4.69, 9.17) is 4.74 Å². The molecule has 0 fully saturated rings. The number of hydrogen-bond donors (Lipinski definition) is 1. The molecule has 2 heterocycles. The lowest BCUT2D eigenvalue weighted by molar-refractivity contribution is -0.142. The first-order valence-electron chi connectivity index (χ1n) is 5.74. The van der Waals surface area contributed by atoms with Gasteiger partial charge in [0, 0.05) is 9.85 Å². The van der Waals surface area contributed by atoms with Crippen molar-refractivity contribution in [3.63, 3.8) is 0 Å². The highest BCUT2D eigenvalue weighted by atomic mass is 79.9. The van der Waals surface area contributed by atoms with E-state index in [2.05, 4.69) is 26.2 Å². The Bertz CT molecular complexity index is 624. The molecule has 2 aromatic heterocycles. The monoisotopic (exact) mass is 374 g/mol. The molecule has 1 N–H and O–H groups in total. The topological polar surface area (TPSA) is 68.3 Å². The summed E-state index contributed by atoms with van der Waals surface area (Å²) in [5.41, 5.74) is 0.592. The molecule has 2 aromatic rings. The Balaban J connectivity index is 1.98. The van der Waals surface area contributed by atoms with E-state index in [-0.39, 0.29) is 18.3 Å². The van der Waals surface area contributed by atoms with E-state index in [1.54, 1.807) is 12.3 Å². The van der Waals surface area contributed by atoms with Crippen LogP contribution in [0.2, 0.25) is 0 Å². The lowest BCUT2D eigenvalue weighted by Gasteiger charge is -2.00. The first kappa shape index (κ1) is 15.1. The number of ether oxygens (including phenoxy) is 1. The third-order valence-electron chi connectivity index (χ3n) is 2.23. The standard InChI is InChI=1S/C12H11BrN2O3S2/c1-2-18-9(16)5-7-6-20-12(14-7)15-11(17)10-8(13)3-4-19-10/h3-4,6H,2,5H2,1H3,(H,14,15,17). The van der Waals surface area contributed by atoms with Crippen LogP contribution >= 0.6 is 38.6 Å². The number of carbonyl (C=O) groups excluding carboxylic acids is 2. The minimum atomic E-state index is -0.323. The van der Waals surface area contributed by atoms with Crippen molar-refractivity contribution >= 4 is 55.6 Å². The van der Waals surface area contributed by atoms with Gasteiger partial charge in [-0.15, -0.1) is 22.7 Å². The van der Waals surface area contributed by atoms with E-state index in [1.807, 2.05) is 11.4 Å². The number of rotatable bonds is 5. The number of hydrogen-bond acceptors (Lipinski definition) is 6. The number of esters is 1. The van der Waals surface area contributed by atoms with Gasteiger partial charge in [0.05, 0.1) is 18.7 Å². The van der Waals surface area contributed by atoms with Gasteiger partial charge in [0.15, 0.2) is 5.13 Å². The summed E-state index contributed by atoms with van der Waals surface area (Å²) in [7, 11) is 0. The highest BCUT2D eigenvalue weighted by Crippen LogP contribution is 2.24. The van der Waals surface area contributed by atoms with E-state index in [1.165, 1.54) is 22.7 Å². The van der Waals surface area contributed by atoms with Crippen molar-refractivity contribution in [2.75, 3.05) is 11.9 Å². The van der Waals surface area contributed by atoms with Crippen molar-refractivity contribution in [3.8, 4) is 0 Å². The molecular weight excluding hydrogens is 364 g/mol. The molecule has 0 atom stereocenters. The Hall–Kier alpha value is -1.25. The molecule has 0 saturated heterocycles. The Morgan fingerprint density at radius 2 is 2.25 bits per heavy atom. The first-order valence-corrected chi connectivity index (χ1v) is 8.29. The fourth-order valence-electron chi connectivity index (χ4n) is 1.42. The van der Waals surface area contributed by atoms with Crippen LogP contribution in [0.4, 0.5) is 5.13 Å². The molecule has 0 aromatic carbocycles. The maximum Gasteiger partial charge on any atom is 0.311 e. The molecule has 0 bridgehead atoms. The van der Waals surface area contributed by atoms with Crippen LogP contribution in [0.3, 0.4) is 0 Å². The predicted molar refractivity (Wildman–Crippen MR) is 82.4 cm³/mol. The van der Waals surface area contributed by atoms with Crippen molar-refractivity contribution in [2.24, 2.45) is 0 Å². The van der Waals surface area contributed by atoms with Crippen LogP contribution in [-0.4, -0.2) is 23.5 Å². The molecule has 0 aliphatic heterocycles. The molecule has 1 amide bonds. The maximum absolute atomic E-state index is 12.0. The summed E-state index contributed by atoms with van der Waals surface area (Å²) in [6.45, 7) is 2.10. The molecule has 106 valence electrons. The molecule has 0 saturated carbocycles. The van der Waals surface area contributed by atoms with Crippen LogP contribution in [0.25, 0.3) is 0 Å². The van der Waals surface area contributed by atoms with Crippen LogP contribution in [0, 0.1) is 0 Å². The molecular formula is C12H11BrN2O3S2. The van der Waals surface area contributed by atoms with E-state index < -0.39 is 0 Å². The average Bonchev–Trinajstić information content (AvgIpc) is 2.99. The largest absolute Gasteiger partial charge is 0.466 e. The van der Waals surface area contributed by atoms with Gasteiger partial charge < -0.3 is 4.74 Å². The van der Waals surface area contributed by atoms with Gasteiger partial charge in [-0.1, -0.05) is 0 Å². The number of anilines is 1. The number of thiophene rings is 1. The van der Waals surface area contributed by atoms with Crippen LogP contribution in [-0.2, 0) is 16.0 Å². The summed E-state index contributed by atoms with van der Waals surface area (Å²) in [6, 6.07) is 1.81. The Morgan fingerprint density at radius 3 is 2.90 bits per heavy atom.